The minimum Gasteiger partial charge on any atom is -0.465 e. The third kappa shape index (κ3) is 3.39. The summed E-state index contributed by atoms with van der Waals surface area (Å²) in [5, 5.41) is 1.22. The van der Waals surface area contributed by atoms with Crippen LogP contribution < -0.4 is 0 Å². The van der Waals surface area contributed by atoms with Crippen molar-refractivity contribution in [1.29, 1.82) is 0 Å². The van der Waals surface area contributed by atoms with Crippen LogP contribution >= 0.6 is 11.3 Å². The Morgan fingerprint density at radius 3 is 3.08 bits per heavy atom. The number of carbonyl (C=O) groups excluding carboxylic acids is 1. The number of esters is 1. The Hall–Kier alpha value is -2.18. The van der Waals surface area contributed by atoms with Gasteiger partial charge in [0.15, 0.2) is 0 Å². The number of fused-ring (bicyclic) bond motifs is 1. The molecule has 2 aromatic heterocycles. The van der Waals surface area contributed by atoms with Crippen molar-refractivity contribution in [3.8, 4) is 0 Å². The summed E-state index contributed by atoms with van der Waals surface area (Å²) in [4.78, 5) is 19.0. The van der Waals surface area contributed by atoms with Crippen LogP contribution in [-0.4, -0.2) is 36.1 Å². The summed E-state index contributed by atoms with van der Waals surface area (Å²) in [6.45, 7) is 4.51. The second kappa shape index (κ2) is 7.21. The van der Waals surface area contributed by atoms with Gasteiger partial charge >= 0.3 is 5.97 Å². The van der Waals surface area contributed by atoms with Gasteiger partial charge in [0.2, 0.25) is 0 Å². The number of hydrogen-bond donors (Lipinski definition) is 0. The lowest BCUT2D eigenvalue weighted by Gasteiger charge is -2.31. The van der Waals surface area contributed by atoms with Crippen LogP contribution in [0.3, 0.4) is 0 Å². The maximum atomic E-state index is 11.8. The molecule has 0 spiro atoms. The smallest absolute Gasteiger partial charge is 0.341 e. The highest BCUT2D eigenvalue weighted by Gasteiger charge is 2.25. The summed E-state index contributed by atoms with van der Waals surface area (Å²) in [5.41, 5.74) is 1.61. The van der Waals surface area contributed by atoms with E-state index in [-0.39, 0.29) is 5.97 Å². The van der Waals surface area contributed by atoms with Gasteiger partial charge in [0.1, 0.15) is 17.1 Å². The number of methoxy groups -OCH3 is 1. The van der Waals surface area contributed by atoms with E-state index in [1.165, 1.54) is 23.2 Å². The van der Waals surface area contributed by atoms with Crippen molar-refractivity contribution in [3.63, 3.8) is 0 Å². The maximum Gasteiger partial charge on any atom is 0.341 e. The first-order chi connectivity index (χ1) is 12.6. The van der Waals surface area contributed by atoms with Crippen molar-refractivity contribution >= 4 is 27.5 Å². The number of ether oxygens (including phenoxy) is 1. The second-order valence-corrected chi connectivity index (χ2v) is 7.83. The highest BCUT2D eigenvalue weighted by molar-refractivity contribution is 7.18. The molecule has 136 valence electrons. The van der Waals surface area contributed by atoms with E-state index in [0.29, 0.717) is 23.8 Å². The van der Waals surface area contributed by atoms with Gasteiger partial charge in [-0.15, -0.1) is 11.3 Å². The Balaban J connectivity index is 1.47. The Kier molecular flexibility index (Phi) is 4.78. The SMILES string of the molecule is COC(=O)c1cc(CN2CCC[C@H](c3nc4ccccc4s3)C2)oc1C. The minimum atomic E-state index is -0.344. The van der Waals surface area contributed by atoms with Gasteiger partial charge in [-0.25, -0.2) is 9.78 Å². The average Bonchev–Trinajstić information content (AvgIpc) is 3.24. The Morgan fingerprint density at radius 1 is 1.42 bits per heavy atom. The van der Waals surface area contributed by atoms with Crippen LogP contribution in [0.25, 0.3) is 10.2 Å². The Bertz CT molecular complexity index is 897. The number of aromatic nitrogens is 1. The molecule has 26 heavy (non-hydrogen) atoms. The fourth-order valence-corrected chi connectivity index (χ4v) is 4.71. The molecule has 6 heteroatoms. The molecule has 0 aliphatic carbocycles. The first kappa shape index (κ1) is 17.2. The average molecular weight is 370 g/mol. The topological polar surface area (TPSA) is 55.6 Å². The lowest BCUT2D eigenvalue weighted by Crippen LogP contribution is -2.33. The number of benzene rings is 1. The molecule has 0 N–H and O–H groups in total. The van der Waals surface area contributed by atoms with E-state index in [9.17, 15) is 4.79 Å². The third-order valence-corrected chi connectivity index (χ3v) is 6.12. The highest BCUT2D eigenvalue weighted by atomic mass is 32.1. The third-order valence-electron chi connectivity index (χ3n) is 4.92. The molecule has 1 atom stereocenters. The van der Waals surface area contributed by atoms with Gasteiger partial charge in [-0.2, -0.15) is 0 Å². The van der Waals surface area contributed by atoms with E-state index in [0.717, 1.165) is 30.8 Å². The molecule has 1 aliphatic heterocycles. The number of hydrogen-bond acceptors (Lipinski definition) is 6. The monoisotopic (exact) mass is 370 g/mol. The molecule has 1 saturated heterocycles. The quantitative estimate of drug-likeness (QED) is 0.639. The van der Waals surface area contributed by atoms with Crippen LogP contribution in [0.1, 0.15) is 45.6 Å². The number of carbonyl (C=O) groups is 1. The molecule has 3 aromatic rings. The zero-order valence-corrected chi connectivity index (χ0v) is 15.8. The summed E-state index contributed by atoms with van der Waals surface area (Å²) < 4.78 is 11.8. The van der Waals surface area contributed by atoms with Crippen LogP contribution in [0.15, 0.2) is 34.7 Å². The van der Waals surface area contributed by atoms with E-state index in [4.69, 9.17) is 14.1 Å². The molecule has 5 nitrogen and oxygen atoms in total. The number of furan rings is 1. The molecule has 4 rings (SSSR count). The van der Waals surface area contributed by atoms with E-state index in [2.05, 4.69) is 23.1 Å². The lowest BCUT2D eigenvalue weighted by molar-refractivity contribution is 0.0599. The summed E-state index contributed by atoms with van der Waals surface area (Å²) in [5.74, 6) is 1.54. The second-order valence-electron chi connectivity index (χ2n) is 6.77. The predicted octanol–water partition coefficient (Wildman–Crippen LogP) is 4.36. The number of para-hydroxylation sites is 1. The maximum absolute atomic E-state index is 11.8. The van der Waals surface area contributed by atoms with Crippen molar-refractivity contribution in [2.45, 2.75) is 32.2 Å². The normalized spacial score (nSPS) is 18.3. The molecule has 1 aromatic carbocycles. The minimum absolute atomic E-state index is 0.344. The first-order valence-electron chi connectivity index (χ1n) is 8.89. The molecule has 0 bridgehead atoms. The molecular formula is C20H22N2O3S. The molecule has 3 heterocycles. The number of piperidine rings is 1. The van der Waals surface area contributed by atoms with Crippen LogP contribution in [0.2, 0.25) is 0 Å². The predicted molar refractivity (Wildman–Crippen MR) is 102 cm³/mol. The van der Waals surface area contributed by atoms with Gasteiger partial charge in [0.05, 0.1) is 28.9 Å². The summed E-state index contributed by atoms with van der Waals surface area (Å²) >= 11 is 1.80. The number of aryl methyl sites for hydroxylation is 1. The van der Waals surface area contributed by atoms with Crippen LogP contribution in [-0.2, 0) is 11.3 Å². The zero-order chi connectivity index (χ0) is 18.1. The van der Waals surface area contributed by atoms with Gasteiger partial charge in [-0.3, -0.25) is 4.90 Å². The lowest BCUT2D eigenvalue weighted by atomic mass is 9.98. The van der Waals surface area contributed by atoms with E-state index in [1.807, 2.05) is 12.1 Å². The van der Waals surface area contributed by atoms with Crippen molar-refractivity contribution in [3.05, 3.63) is 52.4 Å². The van der Waals surface area contributed by atoms with Crippen LogP contribution in [0.4, 0.5) is 0 Å². The molecule has 1 fully saturated rings. The summed E-state index contributed by atoms with van der Waals surface area (Å²) in [6, 6.07) is 10.1. The molecule has 0 radical (unpaired) electrons. The number of rotatable bonds is 4. The standard InChI is InChI=1S/C20H22N2O3S/c1-13-16(20(23)24-2)10-15(25-13)12-22-9-5-6-14(11-22)19-21-17-7-3-4-8-18(17)26-19/h3-4,7-8,10,14H,5-6,9,11-12H2,1-2H3/t14-/m0/s1. The zero-order valence-electron chi connectivity index (χ0n) is 15.0. The number of likely N-dealkylation sites (tertiary alicyclic amines) is 1. The molecule has 0 amide bonds. The summed E-state index contributed by atoms with van der Waals surface area (Å²) in [7, 11) is 1.39. The van der Waals surface area contributed by atoms with E-state index < -0.39 is 0 Å². The largest absolute Gasteiger partial charge is 0.465 e. The molecule has 0 saturated carbocycles. The van der Waals surface area contributed by atoms with Gasteiger partial charge in [-0.05, 0) is 44.5 Å². The number of nitrogens with zero attached hydrogens (tertiary/aromatic N) is 2. The molecular weight excluding hydrogens is 348 g/mol. The van der Waals surface area contributed by atoms with Crippen molar-refractivity contribution in [2.75, 3.05) is 20.2 Å². The van der Waals surface area contributed by atoms with Gasteiger partial charge < -0.3 is 9.15 Å². The summed E-state index contributed by atoms with van der Waals surface area (Å²) in [6.07, 6.45) is 2.31. The fourth-order valence-electron chi connectivity index (χ4n) is 3.62. The fraction of sp³-hybridized carbons (Fsp3) is 0.400. The van der Waals surface area contributed by atoms with E-state index in [1.54, 1.807) is 18.3 Å². The Morgan fingerprint density at radius 2 is 2.27 bits per heavy atom. The van der Waals surface area contributed by atoms with Crippen molar-refractivity contribution in [2.24, 2.45) is 0 Å². The molecule has 1 aliphatic rings. The van der Waals surface area contributed by atoms with Gasteiger partial charge in [0, 0.05) is 12.5 Å². The first-order valence-corrected chi connectivity index (χ1v) is 9.71. The van der Waals surface area contributed by atoms with Crippen LogP contribution in [0.5, 0.6) is 0 Å². The van der Waals surface area contributed by atoms with Crippen molar-refractivity contribution < 1.29 is 13.9 Å². The molecule has 0 unspecified atom stereocenters. The Labute approximate surface area is 156 Å². The van der Waals surface area contributed by atoms with Gasteiger partial charge in [-0.1, -0.05) is 12.1 Å². The van der Waals surface area contributed by atoms with Crippen LogP contribution in [0, 0.1) is 6.92 Å². The number of thiazole rings is 1. The van der Waals surface area contributed by atoms with Gasteiger partial charge in [0.25, 0.3) is 0 Å². The van der Waals surface area contributed by atoms with Crippen molar-refractivity contribution in [1.82, 2.24) is 9.88 Å². The highest BCUT2D eigenvalue weighted by Crippen LogP contribution is 2.33. The van der Waals surface area contributed by atoms with E-state index >= 15 is 0 Å².